The first-order chi connectivity index (χ1) is 11.7. The van der Waals surface area contributed by atoms with Crippen LogP contribution in [0.15, 0.2) is 36.7 Å². The van der Waals surface area contributed by atoms with Crippen LogP contribution in [-0.4, -0.2) is 47.3 Å². The molecule has 1 fully saturated rings. The fraction of sp³-hybridized carbons (Fsp3) is 0.444. The van der Waals surface area contributed by atoms with Crippen LogP contribution in [0.2, 0.25) is 5.02 Å². The van der Waals surface area contributed by atoms with Gasteiger partial charge in [0.25, 0.3) is 5.91 Å². The maximum absolute atomic E-state index is 12.6. The Hall–Kier alpha value is -1.85. The van der Waals surface area contributed by atoms with Crippen molar-refractivity contribution in [2.75, 3.05) is 26.7 Å². The van der Waals surface area contributed by atoms with Gasteiger partial charge >= 0.3 is 0 Å². The molecule has 0 spiro atoms. The number of carbonyl (C=O) groups is 1. The smallest absolute Gasteiger partial charge is 0.257 e. The topological polar surface area (TPSA) is 50.2 Å². The number of hydrogen-bond acceptors (Lipinski definition) is 3. The molecular formula is C18H23ClN4O. The summed E-state index contributed by atoms with van der Waals surface area (Å²) in [5.74, 6) is 0.741. The predicted octanol–water partition coefficient (Wildman–Crippen LogP) is 2.66. The second kappa shape index (κ2) is 7.81. The number of likely N-dealkylation sites (tertiary alicyclic amines) is 1. The van der Waals surface area contributed by atoms with E-state index in [4.69, 9.17) is 11.6 Å². The van der Waals surface area contributed by atoms with Crippen molar-refractivity contribution in [2.45, 2.75) is 19.4 Å². The van der Waals surface area contributed by atoms with Crippen LogP contribution in [0.25, 0.3) is 0 Å². The van der Waals surface area contributed by atoms with Crippen molar-refractivity contribution in [3.05, 3.63) is 52.8 Å². The molecule has 1 aliphatic heterocycles. The number of aromatic nitrogens is 2. The van der Waals surface area contributed by atoms with Crippen molar-refractivity contribution < 1.29 is 4.79 Å². The van der Waals surface area contributed by atoms with Gasteiger partial charge in [-0.15, -0.1) is 0 Å². The van der Waals surface area contributed by atoms with Crippen LogP contribution in [0, 0.1) is 5.92 Å². The first-order valence-corrected chi connectivity index (χ1v) is 8.75. The van der Waals surface area contributed by atoms with Crippen LogP contribution in [0.5, 0.6) is 0 Å². The second-order valence-electron chi connectivity index (χ2n) is 6.31. The van der Waals surface area contributed by atoms with E-state index < -0.39 is 0 Å². The molecule has 1 amide bonds. The van der Waals surface area contributed by atoms with Crippen molar-refractivity contribution in [1.29, 1.82) is 0 Å². The minimum atomic E-state index is 0.0725. The summed E-state index contributed by atoms with van der Waals surface area (Å²) in [6, 6.07) is 7.69. The summed E-state index contributed by atoms with van der Waals surface area (Å²) in [5, 5.41) is 8.25. The molecule has 0 saturated carbocycles. The third-order valence-corrected chi connectivity index (χ3v) is 4.93. The third-order valence-electron chi connectivity index (χ3n) is 4.56. The van der Waals surface area contributed by atoms with E-state index in [9.17, 15) is 4.79 Å². The summed E-state index contributed by atoms with van der Waals surface area (Å²) < 4.78 is 1.77. The van der Waals surface area contributed by atoms with E-state index in [1.54, 1.807) is 10.9 Å². The lowest BCUT2D eigenvalue weighted by molar-refractivity contribution is 0.0691. The molecule has 0 atom stereocenters. The van der Waals surface area contributed by atoms with Gasteiger partial charge in [-0.25, -0.2) is 0 Å². The average Bonchev–Trinajstić information content (AvgIpc) is 3.06. The average molecular weight is 347 g/mol. The molecule has 0 bridgehead atoms. The zero-order chi connectivity index (χ0) is 16.9. The van der Waals surface area contributed by atoms with E-state index in [1.165, 1.54) is 0 Å². The Morgan fingerprint density at radius 1 is 1.33 bits per heavy atom. The number of rotatable bonds is 5. The van der Waals surface area contributed by atoms with Crippen molar-refractivity contribution in [3.63, 3.8) is 0 Å². The number of nitrogens with one attached hydrogen (secondary N) is 1. The monoisotopic (exact) mass is 346 g/mol. The lowest BCUT2D eigenvalue weighted by Crippen LogP contribution is -2.40. The maximum Gasteiger partial charge on any atom is 0.257 e. The minimum Gasteiger partial charge on any atom is -0.339 e. The van der Waals surface area contributed by atoms with Crippen LogP contribution in [0.3, 0.4) is 0 Å². The highest BCUT2D eigenvalue weighted by Gasteiger charge is 2.24. The zero-order valence-corrected chi connectivity index (χ0v) is 14.7. The molecule has 1 N–H and O–H groups in total. The third kappa shape index (κ3) is 3.97. The molecule has 3 rings (SSSR count). The Morgan fingerprint density at radius 3 is 2.79 bits per heavy atom. The fourth-order valence-corrected chi connectivity index (χ4v) is 3.37. The molecule has 24 heavy (non-hydrogen) atoms. The van der Waals surface area contributed by atoms with Gasteiger partial charge in [-0.05, 0) is 44.0 Å². The van der Waals surface area contributed by atoms with E-state index in [-0.39, 0.29) is 5.91 Å². The van der Waals surface area contributed by atoms with E-state index in [1.807, 2.05) is 42.4 Å². The van der Waals surface area contributed by atoms with E-state index in [0.717, 1.165) is 38.0 Å². The quantitative estimate of drug-likeness (QED) is 0.905. The molecule has 2 aromatic rings. The summed E-state index contributed by atoms with van der Waals surface area (Å²) in [4.78, 5) is 14.6. The molecule has 0 unspecified atom stereocenters. The summed E-state index contributed by atoms with van der Waals surface area (Å²) in [6.45, 7) is 3.23. The number of nitrogens with zero attached hydrogens (tertiary/aromatic N) is 3. The van der Waals surface area contributed by atoms with Crippen molar-refractivity contribution in [1.82, 2.24) is 20.0 Å². The first-order valence-electron chi connectivity index (χ1n) is 8.37. The lowest BCUT2D eigenvalue weighted by atomic mass is 9.96. The molecule has 1 aliphatic rings. The summed E-state index contributed by atoms with van der Waals surface area (Å²) in [5.41, 5.74) is 1.64. The van der Waals surface area contributed by atoms with Crippen LogP contribution in [0.1, 0.15) is 28.8 Å². The highest BCUT2D eigenvalue weighted by Crippen LogP contribution is 2.19. The Kier molecular flexibility index (Phi) is 5.53. The first kappa shape index (κ1) is 17.0. The number of piperidine rings is 1. The zero-order valence-electron chi connectivity index (χ0n) is 13.9. The molecule has 0 aliphatic carbocycles. The van der Waals surface area contributed by atoms with Crippen molar-refractivity contribution in [2.24, 2.45) is 5.92 Å². The number of amides is 1. The normalized spacial score (nSPS) is 15.7. The summed E-state index contributed by atoms with van der Waals surface area (Å²) >= 11 is 6.18. The predicted molar refractivity (Wildman–Crippen MR) is 95.3 cm³/mol. The van der Waals surface area contributed by atoms with Gasteiger partial charge in [-0.1, -0.05) is 29.8 Å². The van der Waals surface area contributed by atoms with Gasteiger partial charge in [0.2, 0.25) is 0 Å². The van der Waals surface area contributed by atoms with Gasteiger partial charge in [-0.2, -0.15) is 5.10 Å². The number of halogens is 1. The van der Waals surface area contributed by atoms with Crippen LogP contribution < -0.4 is 5.32 Å². The van der Waals surface area contributed by atoms with Gasteiger partial charge < -0.3 is 10.2 Å². The number of hydrogen-bond donors (Lipinski definition) is 1. The molecular weight excluding hydrogens is 324 g/mol. The van der Waals surface area contributed by atoms with Gasteiger partial charge in [-0.3, -0.25) is 9.48 Å². The minimum absolute atomic E-state index is 0.0725. The van der Waals surface area contributed by atoms with E-state index in [0.29, 0.717) is 23.0 Å². The number of carbonyl (C=O) groups excluding carboxylic acids is 1. The van der Waals surface area contributed by atoms with Crippen LogP contribution in [0.4, 0.5) is 0 Å². The fourth-order valence-electron chi connectivity index (χ4n) is 3.17. The molecule has 0 radical (unpaired) electrons. The largest absolute Gasteiger partial charge is 0.339 e. The Balaban J connectivity index is 1.61. The SMILES string of the molecule is CNCC1CCN(C(=O)c2cnn(Cc3ccccc3Cl)c2)CC1. The molecule has 1 saturated heterocycles. The molecule has 6 heteroatoms. The van der Waals surface area contributed by atoms with Gasteiger partial charge in [0.1, 0.15) is 0 Å². The van der Waals surface area contributed by atoms with Gasteiger partial charge in [0.15, 0.2) is 0 Å². The molecule has 128 valence electrons. The van der Waals surface area contributed by atoms with E-state index >= 15 is 0 Å². The summed E-state index contributed by atoms with van der Waals surface area (Å²) in [7, 11) is 1.98. The maximum atomic E-state index is 12.6. The Labute approximate surface area is 147 Å². The van der Waals surface area contributed by atoms with Gasteiger partial charge in [0.05, 0.1) is 18.3 Å². The van der Waals surface area contributed by atoms with E-state index in [2.05, 4.69) is 10.4 Å². The second-order valence-corrected chi connectivity index (χ2v) is 6.72. The van der Waals surface area contributed by atoms with Crippen molar-refractivity contribution >= 4 is 17.5 Å². The summed E-state index contributed by atoms with van der Waals surface area (Å²) in [6.07, 6.45) is 5.57. The molecule has 5 nitrogen and oxygen atoms in total. The standard InChI is InChI=1S/C18H23ClN4O/c1-20-10-14-6-8-22(9-7-14)18(24)16-11-21-23(13-16)12-15-4-2-3-5-17(15)19/h2-5,11,13-14,20H,6-10,12H2,1H3. The van der Waals surface area contributed by atoms with Crippen molar-refractivity contribution in [3.8, 4) is 0 Å². The molecule has 2 heterocycles. The number of benzene rings is 1. The highest BCUT2D eigenvalue weighted by atomic mass is 35.5. The Bertz CT molecular complexity index is 692. The van der Waals surface area contributed by atoms with Crippen LogP contribution >= 0.6 is 11.6 Å². The lowest BCUT2D eigenvalue weighted by Gasteiger charge is -2.31. The van der Waals surface area contributed by atoms with Gasteiger partial charge in [0, 0.05) is 24.3 Å². The Morgan fingerprint density at radius 2 is 2.08 bits per heavy atom. The molecule has 1 aromatic heterocycles. The highest BCUT2D eigenvalue weighted by molar-refractivity contribution is 6.31. The molecule has 1 aromatic carbocycles. The van der Waals surface area contributed by atoms with Crippen LogP contribution in [-0.2, 0) is 6.54 Å².